The number of esters is 1. The number of anilines is 2. The van der Waals surface area contributed by atoms with Gasteiger partial charge in [-0.2, -0.15) is 0 Å². The predicted octanol–water partition coefficient (Wildman–Crippen LogP) is 2.17. The Morgan fingerprint density at radius 3 is 2.76 bits per heavy atom. The highest BCUT2D eigenvalue weighted by molar-refractivity contribution is 9.10. The molecule has 3 N–H and O–H groups in total. The van der Waals surface area contributed by atoms with E-state index in [0.717, 1.165) is 4.47 Å². The zero-order chi connectivity index (χ0) is 15.4. The number of nitrogens with zero attached hydrogens (tertiary/aromatic N) is 1. The zero-order valence-corrected chi connectivity index (χ0v) is 12.9. The topological polar surface area (TPSA) is 86.3 Å². The van der Waals surface area contributed by atoms with Gasteiger partial charge in [0.15, 0.2) is 6.61 Å². The summed E-state index contributed by atoms with van der Waals surface area (Å²) in [4.78, 5) is 23.5. The van der Waals surface area contributed by atoms with Gasteiger partial charge in [-0.1, -0.05) is 22.0 Å². The maximum absolute atomic E-state index is 11.8. The molecule has 0 fully saturated rings. The van der Waals surface area contributed by atoms with Gasteiger partial charge in [0.25, 0.3) is 5.91 Å². The van der Waals surface area contributed by atoms with Gasteiger partial charge in [-0.3, -0.25) is 4.79 Å². The third-order valence-corrected chi connectivity index (χ3v) is 3.17. The molecule has 0 bridgehead atoms. The Balaban J connectivity index is 1.89. The maximum Gasteiger partial charge on any atom is 0.355 e. The van der Waals surface area contributed by atoms with Gasteiger partial charge in [0.2, 0.25) is 0 Å². The lowest BCUT2D eigenvalue weighted by Gasteiger charge is -2.07. The first-order chi connectivity index (χ1) is 9.95. The van der Waals surface area contributed by atoms with Crippen LogP contribution in [0, 0.1) is 0 Å². The second-order valence-electron chi connectivity index (χ2n) is 4.40. The maximum atomic E-state index is 11.8. The van der Waals surface area contributed by atoms with Crippen molar-refractivity contribution in [3.8, 4) is 0 Å². The Hall–Kier alpha value is -2.28. The number of rotatable bonds is 4. The number of nitrogens with two attached hydrogens (primary N) is 1. The van der Waals surface area contributed by atoms with E-state index in [2.05, 4.69) is 21.2 Å². The van der Waals surface area contributed by atoms with Gasteiger partial charge in [-0.15, -0.1) is 0 Å². The molecule has 1 aromatic carbocycles. The first-order valence-electron chi connectivity index (χ1n) is 6.10. The minimum absolute atomic E-state index is 0.294. The van der Waals surface area contributed by atoms with Crippen molar-refractivity contribution in [3.63, 3.8) is 0 Å². The Morgan fingerprint density at radius 2 is 2.14 bits per heavy atom. The molecule has 0 aliphatic heterocycles. The fraction of sp³-hybridized carbons (Fsp3) is 0.143. The van der Waals surface area contributed by atoms with Crippen molar-refractivity contribution in [3.05, 3.63) is 46.7 Å². The Bertz CT molecular complexity index is 682. The number of nitrogens with one attached hydrogen (secondary N) is 1. The molecule has 0 saturated carbocycles. The monoisotopic (exact) mass is 351 g/mol. The molecule has 0 aliphatic carbocycles. The molecule has 0 atom stereocenters. The smallest absolute Gasteiger partial charge is 0.355 e. The molecule has 2 aromatic rings. The average molecular weight is 352 g/mol. The molecule has 7 heteroatoms. The van der Waals surface area contributed by atoms with E-state index in [0.29, 0.717) is 17.1 Å². The number of amides is 1. The summed E-state index contributed by atoms with van der Waals surface area (Å²) in [5, 5.41) is 2.63. The van der Waals surface area contributed by atoms with Crippen molar-refractivity contribution in [1.82, 2.24) is 4.57 Å². The molecule has 6 nitrogen and oxygen atoms in total. The van der Waals surface area contributed by atoms with Crippen LogP contribution >= 0.6 is 15.9 Å². The summed E-state index contributed by atoms with van der Waals surface area (Å²) in [6.45, 7) is -0.365. The quantitative estimate of drug-likeness (QED) is 0.826. The fourth-order valence-electron chi connectivity index (χ4n) is 1.76. The highest BCUT2D eigenvalue weighted by Crippen LogP contribution is 2.15. The third-order valence-electron chi connectivity index (χ3n) is 2.68. The van der Waals surface area contributed by atoms with Gasteiger partial charge in [-0.05, 0) is 24.3 Å². The minimum atomic E-state index is -0.599. The standard InChI is InChI=1S/C14H14BrN3O3/c1-18-7-10(16)6-12(18)14(20)21-8-13(19)17-11-4-2-3-9(15)5-11/h2-7H,8,16H2,1H3,(H,17,19). The van der Waals surface area contributed by atoms with Gasteiger partial charge >= 0.3 is 5.97 Å². The summed E-state index contributed by atoms with van der Waals surface area (Å²) in [5.74, 6) is -1.01. The van der Waals surface area contributed by atoms with Crippen LogP contribution in [-0.2, 0) is 16.6 Å². The lowest BCUT2D eigenvalue weighted by atomic mass is 10.3. The van der Waals surface area contributed by atoms with E-state index >= 15 is 0 Å². The summed E-state index contributed by atoms with van der Waals surface area (Å²) in [5.41, 5.74) is 6.95. The average Bonchev–Trinajstić information content (AvgIpc) is 2.75. The summed E-state index contributed by atoms with van der Waals surface area (Å²) >= 11 is 3.30. The van der Waals surface area contributed by atoms with Gasteiger partial charge < -0.3 is 20.4 Å². The number of aryl methyl sites for hydroxylation is 1. The summed E-state index contributed by atoms with van der Waals surface area (Å²) in [7, 11) is 1.68. The number of carbonyl (C=O) groups is 2. The van der Waals surface area contributed by atoms with Crippen LogP contribution in [0.1, 0.15) is 10.5 Å². The van der Waals surface area contributed by atoms with E-state index < -0.39 is 11.9 Å². The van der Waals surface area contributed by atoms with Gasteiger partial charge in [0.1, 0.15) is 5.69 Å². The Labute approximate surface area is 130 Å². The van der Waals surface area contributed by atoms with Crippen LogP contribution in [0.3, 0.4) is 0 Å². The number of benzene rings is 1. The van der Waals surface area contributed by atoms with Crippen molar-refractivity contribution >= 4 is 39.2 Å². The molecule has 1 aromatic heterocycles. The van der Waals surface area contributed by atoms with E-state index in [9.17, 15) is 9.59 Å². The summed E-state index contributed by atoms with van der Waals surface area (Å²) in [6.07, 6.45) is 1.60. The third kappa shape index (κ3) is 4.09. The number of halogens is 1. The molecule has 0 spiro atoms. The molecule has 0 aliphatic rings. The second-order valence-corrected chi connectivity index (χ2v) is 5.32. The van der Waals surface area contributed by atoms with E-state index in [-0.39, 0.29) is 6.61 Å². The molecular formula is C14H14BrN3O3. The number of hydrogen-bond donors (Lipinski definition) is 2. The molecule has 21 heavy (non-hydrogen) atoms. The van der Waals surface area contributed by atoms with Gasteiger partial charge in [0.05, 0.1) is 5.69 Å². The van der Waals surface area contributed by atoms with Crippen LogP contribution in [0.4, 0.5) is 11.4 Å². The number of aromatic nitrogens is 1. The SMILES string of the molecule is Cn1cc(N)cc1C(=O)OCC(=O)Nc1cccc(Br)c1. The first kappa shape index (κ1) is 15.1. The molecule has 1 heterocycles. The Kier molecular flexibility index (Phi) is 4.64. The number of carbonyl (C=O) groups excluding carboxylic acids is 2. The molecular weight excluding hydrogens is 338 g/mol. The van der Waals surface area contributed by atoms with Gasteiger partial charge in [0, 0.05) is 23.4 Å². The molecule has 0 radical (unpaired) electrons. The van der Waals surface area contributed by atoms with Crippen LogP contribution < -0.4 is 11.1 Å². The number of nitrogen functional groups attached to an aromatic ring is 1. The summed E-state index contributed by atoms with van der Waals surface area (Å²) in [6, 6.07) is 8.61. The Morgan fingerprint density at radius 1 is 1.38 bits per heavy atom. The first-order valence-corrected chi connectivity index (χ1v) is 6.89. The van der Waals surface area contributed by atoms with E-state index in [4.69, 9.17) is 10.5 Å². The molecule has 2 rings (SSSR count). The van der Waals surface area contributed by atoms with Crippen molar-refractivity contribution in [1.29, 1.82) is 0 Å². The number of ether oxygens (including phenoxy) is 1. The highest BCUT2D eigenvalue weighted by atomic mass is 79.9. The highest BCUT2D eigenvalue weighted by Gasteiger charge is 2.14. The van der Waals surface area contributed by atoms with E-state index in [1.54, 1.807) is 36.0 Å². The molecule has 0 saturated heterocycles. The predicted molar refractivity (Wildman–Crippen MR) is 82.9 cm³/mol. The molecule has 0 unspecified atom stereocenters. The normalized spacial score (nSPS) is 10.2. The second kappa shape index (κ2) is 6.45. The van der Waals surface area contributed by atoms with Crippen molar-refractivity contribution < 1.29 is 14.3 Å². The van der Waals surface area contributed by atoms with Crippen LogP contribution in [0.5, 0.6) is 0 Å². The summed E-state index contributed by atoms with van der Waals surface area (Å²) < 4.78 is 7.34. The van der Waals surface area contributed by atoms with Gasteiger partial charge in [-0.25, -0.2) is 4.79 Å². The van der Waals surface area contributed by atoms with Crippen LogP contribution in [0.2, 0.25) is 0 Å². The minimum Gasteiger partial charge on any atom is -0.451 e. The van der Waals surface area contributed by atoms with Crippen molar-refractivity contribution in [2.24, 2.45) is 7.05 Å². The van der Waals surface area contributed by atoms with Crippen LogP contribution in [-0.4, -0.2) is 23.1 Å². The number of hydrogen-bond acceptors (Lipinski definition) is 4. The largest absolute Gasteiger partial charge is 0.451 e. The molecule has 110 valence electrons. The van der Waals surface area contributed by atoms with Crippen molar-refractivity contribution in [2.45, 2.75) is 0 Å². The van der Waals surface area contributed by atoms with Crippen LogP contribution in [0.25, 0.3) is 0 Å². The zero-order valence-electron chi connectivity index (χ0n) is 11.3. The molecule has 1 amide bonds. The van der Waals surface area contributed by atoms with E-state index in [1.165, 1.54) is 6.07 Å². The van der Waals surface area contributed by atoms with E-state index in [1.807, 2.05) is 6.07 Å². The lowest BCUT2D eigenvalue weighted by molar-refractivity contribution is -0.119. The van der Waals surface area contributed by atoms with Crippen molar-refractivity contribution in [2.75, 3.05) is 17.7 Å². The lowest BCUT2D eigenvalue weighted by Crippen LogP contribution is -2.21. The fourth-order valence-corrected chi connectivity index (χ4v) is 2.16. The van der Waals surface area contributed by atoms with Crippen LogP contribution in [0.15, 0.2) is 41.0 Å².